The van der Waals surface area contributed by atoms with Crippen molar-refractivity contribution in [1.29, 1.82) is 0 Å². The van der Waals surface area contributed by atoms with Crippen molar-refractivity contribution in [2.75, 3.05) is 11.9 Å². The molecule has 0 atom stereocenters. The number of esters is 1. The zero-order valence-corrected chi connectivity index (χ0v) is 11.7. The number of ketones is 1. The molecule has 0 unspecified atom stereocenters. The average molecular weight is 320 g/mol. The van der Waals surface area contributed by atoms with E-state index in [0.29, 0.717) is 22.8 Å². The Kier molecular flexibility index (Phi) is 5.65. The number of hydrogen-bond donors (Lipinski definition) is 0. The first-order valence-corrected chi connectivity index (χ1v) is 6.62. The van der Waals surface area contributed by atoms with E-state index in [-0.39, 0.29) is 17.5 Å². The molecule has 0 aliphatic heterocycles. The van der Waals surface area contributed by atoms with Crippen LogP contribution in [0.15, 0.2) is 18.2 Å². The molecule has 3 nitrogen and oxygen atoms in total. The summed E-state index contributed by atoms with van der Waals surface area (Å²) in [6, 6.07) is 5.00. The van der Waals surface area contributed by atoms with Gasteiger partial charge in [-0.1, -0.05) is 39.7 Å². The number of hydrogen-bond acceptors (Lipinski definition) is 3. The van der Waals surface area contributed by atoms with Crippen molar-refractivity contribution < 1.29 is 14.3 Å². The maximum absolute atomic E-state index is 11.6. The first-order valence-electron chi connectivity index (χ1n) is 5.12. The fourth-order valence-electron chi connectivity index (χ4n) is 1.34. The summed E-state index contributed by atoms with van der Waals surface area (Å²) in [5.74, 6) is -0.460. The Morgan fingerprint density at radius 3 is 2.71 bits per heavy atom. The fraction of sp³-hybridized carbons (Fsp3) is 0.333. The summed E-state index contributed by atoms with van der Waals surface area (Å²) >= 11 is 9.16. The molecule has 1 aromatic carbocycles. The third-order valence-corrected chi connectivity index (χ3v) is 3.18. The Hall–Kier alpha value is -0.870. The summed E-state index contributed by atoms with van der Waals surface area (Å²) in [6.45, 7) is 2.02. The molecule has 1 rings (SSSR count). The molecule has 0 bridgehead atoms. The van der Waals surface area contributed by atoms with E-state index in [1.54, 1.807) is 25.1 Å². The molecule has 92 valence electrons. The van der Waals surface area contributed by atoms with Crippen LogP contribution in [0.3, 0.4) is 0 Å². The van der Waals surface area contributed by atoms with Crippen LogP contribution < -0.4 is 0 Å². The summed E-state index contributed by atoms with van der Waals surface area (Å²) < 4.78 is 4.88. The number of carbonyl (C=O) groups is 2. The average Bonchev–Trinajstić information content (AvgIpc) is 2.32. The van der Waals surface area contributed by atoms with Crippen LogP contribution >= 0.6 is 27.5 Å². The van der Waals surface area contributed by atoms with Crippen LogP contribution in [0.25, 0.3) is 0 Å². The van der Waals surface area contributed by atoms with Crippen LogP contribution in [0, 0.1) is 0 Å². The Bertz CT molecular complexity index is 432. The zero-order chi connectivity index (χ0) is 12.8. The predicted octanol–water partition coefficient (Wildman–Crippen LogP) is 3.02. The second-order valence-corrected chi connectivity index (χ2v) is 4.29. The molecule has 0 spiro atoms. The maximum atomic E-state index is 11.6. The van der Waals surface area contributed by atoms with Gasteiger partial charge in [0.1, 0.15) is 5.78 Å². The van der Waals surface area contributed by atoms with Crippen molar-refractivity contribution in [3.8, 4) is 0 Å². The minimum Gasteiger partial charge on any atom is -0.462 e. The van der Waals surface area contributed by atoms with Gasteiger partial charge in [-0.25, -0.2) is 4.79 Å². The summed E-state index contributed by atoms with van der Waals surface area (Å²) in [5.41, 5.74) is 0.940. The lowest BCUT2D eigenvalue weighted by Gasteiger charge is -2.07. The molecular formula is C12H12BrClO3. The summed E-state index contributed by atoms with van der Waals surface area (Å²) in [4.78, 5) is 22.9. The third kappa shape index (κ3) is 3.82. The van der Waals surface area contributed by atoms with Gasteiger partial charge in [0.15, 0.2) is 0 Å². The van der Waals surface area contributed by atoms with Crippen molar-refractivity contribution >= 4 is 39.3 Å². The first-order chi connectivity index (χ1) is 8.10. The lowest BCUT2D eigenvalue weighted by molar-refractivity contribution is -0.115. The number of rotatable bonds is 5. The highest BCUT2D eigenvalue weighted by Gasteiger charge is 2.15. The van der Waals surface area contributed by atoms with E-state index >= 15 is 0 Å². The fourth-order valence-corrected chi connectivity index (χ4v) is 1.81. The van der Waals surface area contributed by atoms with Gasteiger partial charge in [0, 0.05) is 6.42 Å². The Morgan fingerprint density at radius 2 is 2.12 bits per heavy atom. The predicted molar refractivity (Wildman–Crippen MR) is 69.9 cm³/mol. The van der Waals surface area contributed by atoms with Crippen molar-refractivity contribution in [1.82, 2.24) is 0 Å². The number of ether oxygens (including phenoxy) is 1. The Morgan fingerprint density at radius 1 is 1.41 bits per heavy atom. The minimum atomic E-state index is -0.467. The molecule has 0 aliphatic carbocycles. The number of alkyl halides is 1. The number of carbonyl (C=O) groups excluding carboxylic acids is 2. The highest BCUT2D eigenvalue weighted by atomic mass is 79.9. The highest BCUT2D eigenvalue weighted by molar-refractivity contribution is 9.09. The Balaban J connectivity index is 2.98. The summed E-state index contributed by atoms with van der Waals surface area (Å²) in [6.07, 6.45) is 0.206. The molecule has 0 N–H and O–H groups in total. The lowest BCUT2D eigenvalue weighted by Crippen LogP contribution is -2.09. The molecule has 5 heteroatoms. The van der Waals surface area contributed by atoms with E-state index in [2.05, 4.69) is 15.9 Å². The normalized spacial score (nSPS) is 10.1. The molecule has 0 fully saturated rings. The van der Waals surface area contributed by atoms with Gasteiger partial charge >= 0.3 is 5.97 Å². The monoisotopic (exact) mass is 318 g/mol. The molecule has 0 aromatic heterocycles. The van der Waals surface area contributed by atoms with Gasteiger partial charge in [0.25, 0.3) is 0 Å². The quantitative estimate of drug-likeness (QED) is 0.619. The van der Waals surface area contributed by atoms with Crippen molar-refractivity contribution in [3.05, 3.63) is 34.3 Å². The first kappa shape index (κ1) is 14.2. The number of benzene rings is 1. The van der Waals surface area contributed by atoms with Crippen LogP contribution in [0.2, 0.25) is 5.02 Å². The van der Waals surface area contributed by atoms with Gasteiger partial charge in [0.2, 0.25) is 0 Å². The van der Waals surface area contributed by atoms with Crippen LogP contribution in [0.5, 0.6) is 0 Å². The van der Waals surface area contributed by atoms with Crippen LogP contribution in [-0.2, 0) is 16.0 Å². The molecule has 0 heterocycles. The number of halogens is 2. The van der Waals surface area contributed by atoms with Crippen LogP contribution in [0.1, 0.15) is 22.8 Å². The standard InChI is InChI=1S/C12H12BrClO3/c1-2-17-12(16)10-5-3-4-8(11(10)14)6-9(15)7-13/h3-5H,2,6-7H2,1H3. The van der Waals surface area contributed by atoms with Gasteiger partial charge in [0.05, 0.1) is 22.5 Å². The van der Waals surface area contributed by atoms with Crippen molar-refractivity contribution in [3.63, 3.8) is 0 Å². The van der Waals surface area contributed by atoms with E-state index in [9.17, 15) is 9.59 Å². The van der Waals surface area contributed by atoms with Gasteiger partial charge in [-0.05, 0) is 18.6 Å². The topological polar surface area (TPSA) is 43.4 Å². The van der Waals surface area contributed by atoms with Gasteiger partial charge in [-0.2, -0.15) is 0 Å². The third-order valence-electron chi connectivity index (χ3n) is 2.11. The Labute approximate surface area is 113 Å². The number of Topliss-reactive ketones (excluding diaryl/α,β-unsaturated/α-hetero) is 1. The molecule has 0 aliphatic rings. The smallest absolute Gasteiger partial charge is 0.339 e. The van der Waals surface area contributed by atoms with Crippen molar-refractivity contribution in [2.45, 2.75) is 13.3 Å². The second kappa shape index (κ2) is 6.77. The molecule has 1 aromatic rings. The largest absolute Gasteiger partial charge is 0.462 e. The maximum Gasteiger partial charge on any atom is 0.339 e. The van der Waals surface area contributed by atoms with Gasteiger partial charge in [-0.15, -0.1) is 0 Å². The van der Waals surface area contributed by atoms with Gasteiger partial charge in [-0.3, -0.25) is 4.79 Å². The van der Waals surface area contributed by atoms with Crippen molar-refractivity contribution in [2.24, 2.45) is 0 Å². The molecule has 0 saturated carbocycles. The second-order valence-electron chi connectivity index (χ2n) is 3.35. The molecule has 0 saturated heterocycles. The highest BCUT2D eigenvalue weighted by Crippen LogP contribution is 2.22. The SMILES string of the molecule is CCOC(=O)c1cccc(CC(=O)CBr)c1Cl. The van der Waals surface area contributed by atoms with E-state index in [4.69, 9.17) is 16.3 Å². The molecule has 17 heavy (non-hydrogen) atoms. The van der Waals surface area contributed by atoms with E-state index in [1.165, 1.54) is 0 Å². The lowest BCUT2D eigenvalue weighted by atomic mass is 10.1. The molecule has 0 amide bonds. The minimum absolute atomic E-state index is 0.00732. The molecule has 0 radical (unpaired) electrons. The summed E-state index contributed by atoms with van der Waals surface area (Å²) in [5, 5.41) is 0.563. The van der Waals surface area contributed by atoms with Crippen LogP contribution in [-0.4, -0.2) is 23.7 Å². The zero-order valence-electron chi connectivity index (χ0n) is 9.33. The van der Waals surface area contributed by atoms with Crippen LogP contribution in [0.4, 0.5) is 0 Å². The summed E-state index contributed by atoms with van der Waals surface area (Å²) in [7, 11) is 0. The molecular weight excluding hydrogens is 307 g/mol. The van der Waals surface area contributed by atoms with E-state index < -0.39 is 5.97 Å². The van der Waals surface area contributed by atoms with E-state index in [1.807, 2.05) is 0 Å². The van der Waals surface area contributed by atoms with Gasteiger partial charge < -0.3 is 4.74 Å². The van der Waals surface area contributed by atoms with E-state index in [0.717, 1.165) is 0 Å².